The lowest BCUT2D eigenvalue weighted by Crippen LogP contribution is -2.27. The van der Waals surface area contributed by atoms with Gasteiger partial charge in [-0.1, -0.05) is 41.2 Å². The van der Waals surface area contributed by atoms with Crippen molar-refractivity contribution in [2.45, 2.75) is 25.3 Å². The summed E-state index contributed by atoms with van der Waals surface area (Å²) >= 11 is 18.0. The number of hydrogen-bond donors (Lipinski definition) is 1. The van der Waals surface area contributed by atoms with Gasteiger partial charge in [0.15, 0.2) is 0 Å². The molecule has 1 aliphatic carbocycles. The second-order valence-electron chi connectivity index (χ2n) is 4.01. The summed E-state index contributed by atoms with van der Waals surface area (Å²) < 4.78 is 0. The third kappa shape index (κ3) is 2.77. The molecule has 0 radical (unpaired) electrons. The summed E-state index contributed by atoms with van der Waals surface area (Å²) in [4.78, 5) is 0. The minimum atomic E-state index is -0.0394. The van der Waals surface area contributed by atoms with Gasteiger partial charge >= 0.3 is 0 Å². The van der Waals surface area contributed by atoms with Crippen molar-refractivity contribution in [3.63, 3.8) is 0 Å². The van der Waals surface area contributed by atoms with Crippen molar-refractivity contribution in [1.29, 1.82) is 0 Å². The zero-order chi connectivity index (χ0) is 11.0. The van der Waals surface area contributed by atoms with Crippen molar-refractivity contribution in [3.05, 3.63) is 32.8 Å². The van der Waals surface area contributed by atoms with Crippen LogP contribution in [0.1, 0.15) is 30.9 Å². The summed E-state index contributed by atoms with van der Waals surface area (Å²) in [6.07, 6.45) is 3.59. The molecule has 0 spiro atoms. The molecule has 1 nitrogen and oxygen atoms in total. The van der Waals surface area contributed by atoms with Gasteiger partial charge < -0.3 is 5.73 Å². The van der Waals surface area contributed by atoms with E-state index < -0.39 is 0 Å². The molecule has 0 bridgehead atoms. The highest BCUT2D eigenvalue weighted by Gasteiger charge is 2.27. The Hall–Kier alpha value is 0.340. The van der Waals surface area contributed by atoms with Crippen LogP contribution in [0, 0.1) is 5.92 Å². The lowest BCUT2D eigenvalue weighted by Gasteiger charge is -2.32. The van der Waals surface area contributed by atoms with Crippen molar-refractivity contribution in [2.75, 3.05) is 0 Å². The van der Waals surface area contributed by atoms with Crippen LogP contribution in [-0.4, -0.2) is 0 Å². The fourth-order valence-electron chi connectivity index (χ4n) is 1.87. The first kappa shape index (κ1) is 14.4. The Balaban J connectivity index is 0.00000128. The molecule has 0 saturated heterocycles. The molecule has 1 saturated carbocycles. The molecule has 16 heavy (non-hydrogen) atoms. The van der Waals surface area contributed by atoms with Crippen LogP contribution in [0.15, 0.2) is 12.1 Å². The van der Waals surface area contributed by atoms with Gasteiger partial charge in [-0.25, -0.2) is 0 Å². The molecular weight excluding hydrogens is 288 g/mol. The Kier molecular flexibility index (Phi) is 5.21. The highest BCUT2D eigenvalue weighted by atomic mass is 35.5. The first-order valence-electron chi connectivity index (χ1n) is 4.99. The van der Waals surface area contributed by atoms with E-state index in [-0.39, 0.29) is 18.4 Å². The van der Waals surface area contributed by atoms with Gasteiger partial charge in [0.05, 0.1) is 10.0 Å². The number of benzene rings is 1. The van der Waals surface area contributed by atoms with Gasteiger partial charge in [-0.15, -0.1) is 12.4 Å². The van der Waals surface area contributed by atoms with Gasteiger partial charge in [0, 0.05) is 11.1 Å². The van der Waals surface area contributed by atoms with Crippen LogP contribution >= 0.6 is 47.2 Å². The topological polar surface area (TPSA) is 26.0 Å². The maximum atomic E-state index is 6.14. The summed E-state index contributed by atoms with van der Waals surface area (Å²) in [5, 5.41) is 1.61. The lowest BCUT2D eigenvalue weighted by atomic mass is 9.77. The highest BCUT2D eigenvalue weighted by Crippen LogP contribution is 2.41. The fourth-order valence-corrected chi connectivity index (χ4v) is 2.62. The monoisotopic (exact) mass is 299 g/mol. The minimum absolute atomic E-state index is 0. The largest absolute Gasteiger partial charge is 0.324 e. The molecular formula is C11H13Cl4N. The van der Waals surface area contributed by atoms with Crippen molar-refractivity contribution in [2.24, 2.45) is 11.7 Å². The van der Waals surface area contributed by atoms with Crippen LogP contribution in [0.3, 0.4) is 0 Å². The molecule has 5 heteroatoms. The molecule has 1 atom stereocenters. The van der Waals surface area contributed by atoms with Crippen LogP contribution < -0.4 is 5.73 Å². The lowest BCUT2D eigenvalue weighted by molar-refractivity contribution is 0.264. The maximum absolute atomic E-state index is 6.14. The SMILES string of the molecule is Cl.N[C@@H](c1cc(Cl)cc(Cl)c1Cl)C1CCC1. The molecule has 2 N–H and O–H groups in total. The Morgan fingerprint density at radius 3 is 2.31 bits per heavy atom. The van der Waals surface area contributed by atoms with E-state index in [0.717, 1.165) is 5.56 Å². The van der Waals surface area contributed by atoms with E-state index in [1.807, 2.05) is 6.07 Å². The Morgan fingerprint density at radius 1 is 1.19 bits per heavy atom. The predicted octanol–water partition coefficient (Wildman–Crippen LogP) is 4.87. The Labute approximate surface area is 117 Å². The van der Waals surface area contributed by atoms with Gasteiger partial charge in [-0.3, -0.25) is 0 Å². The van der Waals surface area contributed by atoms with Crippen LogP contribution in [0.4, 0.5) is 0 Å². The number of rotatable bonds is 2. The Morgan fingerprint density at radius 2 is 1.81 bits per heavy atom. The van der Waals surface area contributed by atoms with Crippen molar-refractivity contribution in [3.8, 4) is 0 Å². The molecule has 1 fully saturated rings. The van der Waals surface area contributed by atoms with Gasteiger partial charge in [0.1, 0.15) is 0 Å². The average Bonchev–Trinajstić information content (AvgIpc) is 2.08. The first-order chi connectivity index (χ1) is 7.09. The summed E-state index contributed by atoms with van der Waals surface area (Å²) in [7, 11) is 0. The molecule has 2 rings (SSSR count). The summed E-state index contributed by atoms with van der Waals surface area (Å²) in [6, 6.07) is 3.42. The van der Waals surface area contributed by atoms with Gasteiger partial charge in [0.2, 0.25) is 0 Å². The number of halogens is 4. The van der Waals surface area contributed by atoms with Gasteiger partial charge in [-0.05, 0) is 36.5 Å². The minimum Gasteiger partial charge on any atom is -0.324 e. The van der Waals surface area contributed by atoms with Gasteiger partial charge in [0.25, 0.3) is 0 Å². The molecule has 1 aliphatic rings. The van der Waals surface area contributed by atoms with Crippen LogP contribution in [0.2, 0.25) is 15.1 Å². The summed E-state index contributed by atoms with van der Waals surface area (Å²) in [6.45, 7) is 0. The van der Waals surface area contributed by atoms with Gasteiger partial charge in [-0.2, -0.15) is 0 Å². The quantitative estimate of drug-likeness (QED) is 0.775. The molecule has 0 amide bonds. The first-order valence-corrected chi connectivity index (χ1v) is 6.13. The molecule has 0 aliphatic heterocycles. The summed E-state index contributed by atoms with van der Waals surface area (Å²) in [5.41, 5.74) is 7.01. The predicted molar refractivity (Wildman–Crippen MR) is 73.0 cm³/mol. The molecule has 1 aromatic carbocycles. The fraction of sp³-hybridized carbons (Fsp3) is 0.455. The van der Waals surface area contributed by atoms with Crippen LogP contribution in [0.25, 0.3) is 0 Å². The van der Waals surface area contributed by atoms with Crippen molar-refractivity contribution in [1.82, 2.24) is 0 Å². The molecule has 0 aromatic heterocycles. The molecule has 1 aromatic rings. The second kappa shape index (κ2) is 5.79. The third-order valence-electron chi connectivity index (χ3n) is 3.04. The van der Waals surface area contributed by atoms with Crippen LogP contribution in [0.5, 0.6) is 0 Å². The van der Waals surface area contributed by atoms with E-state index in [2.05, 4.69) is 0 Å². The van der Waals surface area contributed by atoms with E-state index in [1.165, 1.54) is 19.3 Å². The maximum Gasteiger partial charge on any atom is 0.0641 e. The summed E-state index contributed by atoms with van der Waals surface area (Å²) in [5.74, 6) is 0.525. The number of nitrogens with two attached hydrogens (primary N) is 1. The number of hydrogen-bond acceptors (Lipinski definition) is 1. The molecule has 0 heterocycles. The van der Waals surface area contributed by atoms with E-state index >= 15 is 0 Å². The van der Waals surface area contributed by atoms with E-state index in [0.29, 0.717) is 21.0 Å². The third-order valence-corrected chi connectivity index (χ3v) is 4.07. The standard InChI is InChI=1S/C11H12Cl3N.ClH/c12-7-4-8(10(14)9(13)5-7)11(15)6-2-1-3-6;/h4-6,11H,1-3,15H2;1H/t11-;/m1./s1. The molecule has 0 unspecified atom stereocenters. The van der Waals surface area contributed by atoms with Crippen molar-refractivity contribution < 1.29 is 0 Å². The van der Waals surface area contributed by atoms with E-state index in [1.54, 1.807) is 6.07 Å². The highest BCUT2D eigenvalue weighted by molar-refractivity contribution is 6.43. The van der Waals surface area contributed by atoms with E-state index in [4.69, 9.17) is 40.5 Å². The zero-order valence-corrected chi connectivity index (χ0v) is 11.6. The zero-order valence-electron chi connectivity index (χ0n) is 8.55. The second-order valence-corrected chi connectivity index (χ2v) is 5.23. The van der Waals surface area contributed by atoms with Crippen LogP contribution in [-0.2, 0) is 0 Å². The van der Waals surface area contributed by atoms with Crippen molar-refractivity contribution >= 4 is 47.2 Å². The molecule has 90 valence electrons. The average molecular weight is 301 g/mol. The Bertz CT molecular complexity index is 376. The normalized spacial score (nSPS) is 17.5. The van der Waals surface area contributed by atoms with E-state index in [9.17, 15) is 0 Å². The smallest absolute Gasteiger partial charge is 0.0641 e.